The Morgan fingerprint density at radius 1 is 0.694 bits per heavy atom. The van der Waals surface area contributed by atoms with Gasteiger partial charge in [-0.15, -0.1) is 0 Å². The zero-order valence-corrected chi connectivity index (χ0v) is 47.0. The first-order valence-electron chi connectivity index (χ1n) is 27.2. The highest BCUT2D eigenvalue weighted by Gasteiger charge is 2.43. The van der Waals surface area contributed by atoms with Crippen molar-refractivity contribution in [2.24, 2.45) is 5.73 Å². The van der Waals surface area contributed by atoms with Crippen molar-refractivity contribution in [2.45, 2.75) is 107 Å². The first-order valence-corrected chi connectivity index (χ1v) is 27.2. The van der Waals surface area contributed by atoms with Crippen LogP contribution < -0.4 is 47.7 Å². The molecule has 2 heterocycles. The molecule has 0 spiro atoms. The topological polar surface area (TPSA) is 390 Å². The number of aliphatic hydroxyl groups excluding tert-OH is 3. The number of likely N-dealkylation sites (tertiary alicyclic amines) is 1. The highest BCUT2D eigenvalue weighted by atomic mass is 16.5. The number of hydrogen-bond donors (Lipinski definition) is 13. The lowest BCUT2D eigenvalue weighted by atomic mass is 9.98. The molecule has 0 bridgehead atoms. The Morgan fingerprint density at radius 2 is 1.31 bits per heavy atom. The van der Waals surface area contributed by atoms with E-state index in [1.807, 2.05) is 49.4 Å². The van der Waals surface area contributed by atoms with Crippen LogP contribution in [0.25, 0.3) is 23.1 Å². The van der Waals surface area contributed by atoms with Gasteiger partial charge in [0.25, 0.3) is 0 Å². The lowest BCUT2D eigenvalue weighted by molar-refractivity contribution is -0.145. The largest absolute Gasteiger partial charge is 0.497 e. The number of para-hydroxylation sites is 1. The molecule has 14 N–H and O–H groups in total. The zero-order valence-electron chi connectivity index (χ0n) is 47.0. The average molecular weight is 1170 g/mol. The van der Waals surface area contributed by atoms with Crippen LogP contribution in [0.3, 0.4) is 0 Å². The van der Waals surface area contributed by atoms with Gasteiger partial charge in [0.15, 0.2) is 0 Å². The maximum atomic E-state index is 14.7. The first kappa shape index (κ1) is 64.4. The van der Waals surface area contributed by atoms with Crippen molar-refractivity contribution in [3.8, 4) is 5.75 Å². The average Bonchev–Trinajstić information content (AvgIpc) is 3.52. The van der Waals surface area contributed by atoms with E-state index in [-0.39, 0.29) is 36.9 Å². The number of hydrogen-bond acceptors (Lipinski definition) is 14. The molecule has 85 heavy (non-hydrogen) atoms. The van der Waals surface area contributed by atoms with Crippen molar-refractivity contribution in [1.29, 1.82) is 0 Å². The van der Waals surface area contributed by atoms with E-state index in [1.54, 1.807) is 42.6 Å². The van der Waals surface area contributed by atoms with E-state index in [4.69, 9.17) is 10.5 Å². The maximum absolute atomic E-state index is 14.7. The number of nitrogens with two attached hydrogens (primary N) is 1. The summed E-state index contributed by atoms with van der Waals surface area (Å²) in [6.45, 7) is 3.19. The Morgan fingerprint density at radius 3 is 1.95 bits per heavy atom. The number of carboxylic acid groups (broad SMARTS) is 1. The summed E-state index contributed by atoms with van der Waals surface area (Å²) in [7, 11) is 1.43. The molecule has 1 fully saturated rings. The summed E-state index contributed by atoms with van der Waals surface area (Å²) in [4.78, 5) is 139. The van der Waals surface area contributed by atoms with Crippen molar-refractivity contribution in [3.05, 3.63) is 149 Å². The number of methoxy groups -OCH3 is 1. The summed E-state index contributed by atoms with van der Waals surface area (Å²) in [6, 6.07) is 16.8. The molecule has 10 atom stereocenters. The van der Waals surface area contributed by atoms with Gasteiger partial charge in [-0.2, -0.15) is 0 Å². The lowest BCUT2D eigenvalue weighted by Crippen LogP contribution is -2.60. The van der Waals surface area contributed by atoms with E-state index in [1.165, 1.54) is 63.4 Å². The van der Waals surface area contributed by atoms with Crippen LogP contribution in [0.1, 0.15) is 80.1 Å². The van der Waals surface area contributed by atoms with Gasteiger partial charge in [0, 0.05) is 36.1 Å². The number of aromatic amines is 1. The Balaban J connectivity index is 1.13. The number of aliphatic carboxylic acids is 1. The maximum Gasteiger partial charge on any atom is 0.305 e. The van der Waals surface area contributed by atoms with Gasteiger partial charge in [0.2, 0.25) is 53.2 Å². The number of nitrogens with zero attached hydrogens (tertiary/aromatic N) is 1. The van der Waals surface area contributed by atoms with E-state index in [0.29, 0.717) is 16.9 Å². The number of rotatable bonds is 28. The van der Waals surface area contributed by atoms with Gasteiger partial charge >= 0.3 is 5.97 Å². The molecule has 1 aliphatic rings. The summed E-state index contributed by atoms with van der Waals surface area (Å²) in [5, 5.41) is 61.0. The molecule has 0 aliphatic carbocycles. The monoisotopic (exact) mass is 1170 g/mol. The van der Waals surface area contributed by atoms with E-state index in [9.17, 15) is 68.4 Å². The molecule has 0 saturated carbocycles. The molecule has 1 aliphatic heterocycles. The number of nitrogens with one attached hydrogen (secondary N) is 8. The minimum Gasteiger partial charge on any atom is -0.497 e. The fourth-order valence-electron chi connectivity index (χ4n) is 9.47. The van der Waals surface area contributed by atoms with E-state index in [2.05, 4.69) is 42.2 Å². The fraction of sp³-hybridized carbons (Fsp3) is 0.333. The molecule has 0 unspecified atom stereocenters. The van der Waals surface area contributed by atoms with Crippen molar-refractivity contribution in [2.75, 3.05) is 20.2 Å². The zero-order chi connectivity index (χ0) is 61.9. The summed E-state index contributed by atoms with van der Waals surface area (Å²) in [5.41, 5.74) is 8.99. The normalized spacial score (nSPS) is 16.3. The molecule has 0 radical (unpaired) electrons. The predicted octanol–water partition coefficient (Wildman–Crippen LogP) is 0.309. The van der Waals surface area contributed by atoms with E-state index in [0.717, 1.165) is 27.4 Å². The number of fused-ring (bicyclic) bond motifs is 1. The minimum atomic E-state index is -1.86. The highest BCUT2D eigenvalue weighted by Crippen LogP contribution is 2.27. The molecule has 1 aromatic heterocycles. The quantitative estimate of drug-likeness (QED) is 0.0300. The van der Waals surface area contributed by atoms with Crippen LogP contribution in [0.2, 0.25) is 0 Å². The summed E-state index contributed by atoms with van der Waals surface area (Å²) >= 11 is 0. The third-order valence-corrected chi connectivity index (χ3v) is 14.0. The van der Waals surface area contributed by atoms with Crippen molar-refractivity contribution in [1.82, 2.24) is 47.1 Å². The molecule has 5 aromatic rings. The van der Waals surface area contributed by atoms with Crippen molar-refractivity contribution in [3.63, 3.8) is 0 Å². The molecule has 9 amide bonds. The van der Waals surface area contributed by atoms with Crippen LogP contribution in [-0.2, 0) is 54.4 Å². The number of amides is 9. The number of allylic oxidation sites excluding steroid dienone is 1. The van der Waals surface area contributed by atoms with E-state index < -0.39 is 133 Å². The van der Waals surface area contributed by atoms with Crippen LogP contribution in [-0.4, -0.2) is 158 Å². The van der Waals surface area contributed by atoms with Gasteiger partial charge < -0.3 is 78.0 Å². The number of carbonyl (C=O) groups excluding carboxylic acids is 9. The number of aromatic nitrogens is 1. The van der Waals surface area contributed by atoms with Crippen LogP contribution in [0.4, 0.5) is 0 Å². The molecule has 25 nitrogen and oxygen atoms in total. The summed E-state index contributed by atoms with van der Waals surface area (Å²) < 4.78 is 5.24. The van der Waals surface area contributed by atoms with Crippen LogP contribution >= 0.6 is 0 Å². The Labute approximate surface area is 488 Å². The Hall–Kier alpha value is -9.72. The van der Waals surface area contributed by atoms with Crippen LogP contribution in [0.5, 0.6) is 5.75 Å². The standard InChI is InChI=1S/C60H70N10O15/c1-5-14-35-15-9-10-16-36(35)24-27-46(72)67-49(34(3)71)58(82)64-33(2)55(79)66-44(30-48(74)75)56(80)63-32-47(73)68-51(53(77)37-17-7-6-8-18-37)60(84)70-28-13-21-45(70)57(81)69-50(52(76)38-22-25-40(85-4)26-23-38)59(83)65-43(54(61)78)29-39-31-62-42-20-12-11-19-41(39)42/h5-12,14-20,22-27,31,33-34,43-45,49-53,62,71,76-77H,13,21,28-30,32H2,1-4H3,(H2,61,78)(H,63,80)(H,64,82)(H,65,83)(H,66,79)(H,67,72)(H,68,73)(H,69,81)(H,74,75)/b14-5-,27-24+/t33-,34+,43+,44-,45-,49-,50-,51-,52-,53-/m0/s1. The molecule has 6 rings (SSSR count). The molecular weight excluding hydrogens is 1100 g/mol. The van der Waals surface area contributed by atoms with Gasteiger partial charge in [0.05, 0.1) is 26.2 Å². The van der Waals surface area contributed by atoms with Gasteiger partial charge in [-0.1, -0.05) is 97.1 Å². The molecule has 4 aromatic carbocycles. The first-order chi connectivity index (χ1) is 40.6. The minimum absolute atomic E-state index is 0.00879. The lowest BCUT2D eigenvalue weighted by Gasteiger charge is -2.32. The second-order valence-electron chi connectivity index (χ2n) is 20.1. The summed E-state index contributed by atoms with van der Waals surface area (Å²) in [5.74, 6) is -10.1. The fourth-order valence-corrected chi connectivity index (χ4v) is 9.47. The van der Waals surface area contributed by atoms with E-state index >= 15 is 0 Å². The van der Waals surface area contributed by atoms with Crippen molar-refractivity contribution >= 4 is 82.2 Å². The van der Waals surface area contributed by atoms with Gasteiger partial charge in [0.1, 0.15) is 60.3 Å². The number of benzene rings is 4. The molecule has 25 heteroatoms. The number of aliphatic hydroxyl groups is 3. The van der Waals surface area contributed by atoms with Gasteiger partial charge in [-0.25, -0.2) is 0 Å². The molecule has 1 saturated heterocycles. The number of H-pyrrole nitrogens is 1. The third kappa shape index (κ3) is 17.6. The van der Waals surface area contributed by atoms with Gasteiger partial charge in [-0.05, 0) is 85.7 Å². The second kappa shape index (κ2) is 30.5. The van der Waals surface area contributed by atoms with Gasteiger partial charge in [-0.3, -0.25) is 47.9 Å². The van der Waals surface area contributed by atoms with Crippen molar-refractivity contribution < 1.29 is 73.1 Å². The van der Waals surface area contributed by atoms with Crippen LogP contribution in [0, 0.1) is 0 Å². The Bertz CT molecular complexity index is 3280. The highest BCUT2D eigenvalue weighted by molar-refractivity contribution is 6.00. The molecule has 450 valence electrons. The number of ether oxygens (including phenoxy) is 1. The number of carbonyl (C=O) groups is 10. The smallest absolute Gasteiger partial charge is 0.305 e. The third-order valence-electron chi connectivity index (χ3n) is 14.0. The molecular formula is C60H70N10O15. The number of primary amides is 1. The Kier molecular flexibility index (Phi) is 23.2. The number of carboxylic acids is 1. The SMILES string of the molecule is C/C=C\c1ccccc1/C=C/C(=O)N[C@H](C(=O)N[C@@H](C)C(=O)N[C@@H](CC(=O)O)C(=O)NCC(=O)N[C@H](C(=O)N1CCC[C@H]1C(=O)N[C@H](C(=O)N[C@H](Cc1c[nH]c2ccccc12)C(N)=O)[C@@H](O)c1ccc(OC)cc1)[C@@H](O)c1ccccc1)[C@@H](C)O. The van der Waals surface area contributed by atoms with Crippen LogP contribution in [0.15, 0.2) is 121 Å². The second-order valence-corrected chi connectivity index (χ2v) is 20.1. The summed E-state index contributed by atoms with van der Waals surface area (Å²) in [6.07, 6.45) is 2.12. The predicted molar refractivity (Wildman–Crippen MR) is 310 cm³/mol.